The van der Waals surface area contributed by atoms with Gasteiger partial charge in [0.25, 0.3) is 0 Å². The molecule has 1 aromatic heterocycles. The molecule has 0 aliphatic heterocycles. The van der Waals surface area contributed by atoms with Crippen molar-refractivity contribution in [1.29, 1.82) is 0 Å². The fourth-order valence-corrected chi connectivity index (χ4v) is 5.42. The van der Waals surface area contributed by atoms with E-state index in [2.05, 4.69) is 15.4 Å². The standard InChI is InChI=1S/C18H32N4O3S2.HI/c1-4-19-17(21-14-18(8-5-9-18)10-13-25-3)20-11-12-22-27(23,24)16-7-6-15(2)26-16;/h6-7,22H,4-5,8-14H2,1-3H3,(H2,19,20,21);1H. The number of nitrogens with one attached hydrogen (secondary N) is 3. The third kappa shape index (κ3) is 7.77. The molecule has 0 amide bonds. The molecule has 1 aliphatic rings. The third-order valence-corrected chi connectivity index (χ3v) is 7.81. The number of halogens is 1. The van der Waals surface area contributed by atoms with E-state index in [1.54, 1.807) is 13.2 Å². The van der Waals surface area contributed by atoms with Crippen molar-refractivity contribution < 1.29 is 13.2 Å². The average Bonchev–Trinajstić information content (AvgIpc) is 3.04. The summed E-state index contributed by atoms with van der Waals surface area (Å²) in [4.78, 5) is 5.70. The van der Waals surface area contributed by atoms with Crippen LogP contribution in [0, 0.1) is 12.3 Å². The van der Waals surface area contributed by atoms with E-state index in [-0.39, 0.29) is 29.4 Å². The molecule has 1 aromatic rings. The predicted octanol–water partition coefficient (Wildman–Crippen LogP) is 2.71. The summed E-state index contributed by atoms with van der Waals surface area (Å²) >= 11 is 1.28. The lowest BCUT2D eigenvalue weighted by Gasteiger charge is -2.40. The van der Waals surface area contributed by atoms with Gasteiger partial charge in [0.15, 0.2) is 5.96 Å². The molecule has 1 heterocycles. The second kappa shape index (κ2) is 12.3. The lowest BCUT2D eigenvalue weighted by atomic mass is 9.67. The Morgan fingerprint density at radius 1 is 1.29 bits per heavy atom. The molecule has 1 fully saturated rings. The van der Waals surface area contributed by atoms with Crippen LogP contribution in [-0.2, 0) is 14.8 Å². The number of aryl methyl sites for hydroxylation is 1. The first-order valence-corrected chi connectivity index (χ1v) is 11.8. The molecular weight excluding hydrogens is 511 g/mol. The maximum absolute atomic E-state index is 12.2. The van der Waals surface area contributed by atoms with Gasteiger partial charge in [-0.05, 0) is 50.7 Å². The fraction of sp³-hybridized carbons (Fsp3) is 0.722. The van der Waals surface area contributed by atoms with Gasteiger partial charge in [-0.3, -0.25) is 4.99 Å². The molecule has 0 spiro atoms. The summed E-state index contributed by atoms with van der Waals surface area (Å²) in [5, 5.41) is 6.44. The second-order valence-corrected chi connectivity index (χ2v) is 10.3. The van der Waals surface area contributed by atoms with Crippen molar-refractivity contribution in [3.63, 3.8) is 0 Å². The number of thiophene rings is 1. The van der Waals surface area contributed by atoms with Crippen LogP contribution in [0.25, 0.3) is 0 Å². The number of methoxy groups -OCH3 is 1. The molecule has 1 aliphatic carbocycles. The molecule has 2 rings (SSSR count). The Balaban J connectivity index is 0.00000392. The Bertz CT molecular complexity index is 718. The molecular formula is C18H33IN4O3S2. The van der Waals surface area contributed by atoms with Gasteiger partial charge in [-0.1, -0.05) is 6.42 Å². The SMILES string of the molecule is CCNC(=NCC1(CCOC)CCC1)NCCNS(=O)(=O)c1ccc(C)s1.I. The Labute approximate surface area is 190 Å². The normalized spacial score (nSPS) is 16.2. The number of rotatable bonds is 11. The van der Waals surface area contributed by atoms with Gasteiger partial charge in [0.1, 0.15) is 4.21 Å². The van der Waals surface area contributed by atoms with Crippen LogP contribution in [0.4, 0.5) is 0 Å². The van der Waals surface area contributed by atoms with Crippen molar-refractivity contribution >= 4 is 51.3 Å². The Morgan fingerprint density at radius 3 is 2.57 bits per heavy atom. The lowest BCUT2D eigenvalue weighted by Crippen LogP contribution is -2.43. The molecule has 0 unspecified atom stereocenters. The van der Waals surface area contributed by atoms with Crippen LogP contribution in [-0.4, -0.2) is 54.3 Å². The minimum atomic E-state index is -3.44. The van der Waals surface area contributed by atoms with Crippen LogP contribution < -0.4 is 15.4 Å². The summed E-state index contributed by atoms with van der Waals surface area (Å²) in [7, 11) is -1.70. The van der Waals surface area contributed by atoms with Crippen molar-refractivity contribution in [2.75, 3.05) is 39.9 Å². The summed E-state index contributed by atoms with van der Waals surface area (Å²) in [6.45, 7) is 6.99. The van der Waals surface area contributed by atoms with Gasteiger partial charge in [0, 0.05) is 44.8 Å². The predicted molar refractivity (Wildman–Crippen MR) is 126 cm³/mol. The third-order valence-electron chi connectivity index (χ3n) is 4.86. The molecule has 3 N–H and O–H groups in total. The number of ether oxygens (including phenoxy) is 1. The maximum atomic E-state index is 12.2. The van der Waals surface area contributed by atoms with Crippen LogP contribution in [0.5, 0.6) is 0 Å². The van der Waals surface area contributed by atoms with E-state index in [0.717, 1.165) is 37.0 Å². The molecule has 0 aromatic carbocycles. The number of guanidine groups is 1. The first kappa shape index (κ1) is 25.6. The van der Waals surface area contributed by atoms with E-state index in [9.17, 15) is 8.42 Å². The minimum Gasteiger partial charge on any atom is -0.385 e. The Kier molecular flexibility index (Phi) is 11.3. The smallest absolute Gasteiger partial charge is 0.250 e. The molecule has 0 radical (unpaired) electrons. The van der Waals surface area contributed by atoms with Crippen molar-refractivity contribution in [2.45, 2.75) is 43.7 Å². The van der Waals surface area contributed by atoms with Gasteiger partial charge in [0.2, 0.25) is 10.0 Å². The van der Waals surface area contributed by atoms with Crippen molar-refractivity contribution in [3.8, 4) is 0 Å². The first-order valence-electron chi connectivity index (χ1n) is 9.48. The quantitative estimate of drug-likeness (QED) is 0.173. The molecule has 28 heavy (non-hydrogen) atoms. The van der Waals surface area contributed by atoms with Gasteiger partial charge >= 0.3 is 0 Å². The van der Waals surface area contributed by atoms with Crippen molar-refractivity contribution in [2.24, 2.45) is 10.4 Å². The van der Waals surface area contributed by atoms with Crippen molar-refractivity contribution in [1.82, 2.24) is 15.4 Å². The number of aliphatic imine (C=N–C) groups is 1. The monoisotopic (exact) mass is 544 g/mol. The zero-order valence-corrected chi connectivity index (χ0v) is 20.9. The molecule has 0 bridgehead atoms. The van der Waals surface area contributed by atoms with E-state index in [0.29, 0.717) is 17.3 Å². The number of nitrogens with zero attached hydrogens (tertiary/aromatic N) is 1. The Hall–Kier alpha value is -0.430. The summed E-state index contributed by atoms with van der Waals surface area (Å²) < 4.78 is 32.7. The highest BCUT2D eigenvalue weighted by Gasteiger charge is 2.36. The van der Waals surface area contributed by atoms with E-state index in [1.807, 2.05) is 19.9 Å². The highest BCUT2D eigenvalue weighted by atomic mass is 127. The largest absolute Gasteiger partial charge is 0.385 e. The van der Waals surface area contributed by atoms with Gasteiger partial charge in [-0.2, -0.15) is 0 Å². The molecule has 10 heteroatoms. The molecule has 162 valence electrons. The van der Waals surface area contributed by atoms with Crippen molar-refractivity contribution in [3.05, 3.63) is 17.0 Å². The van der Waals surface area contributed by atoms with Gasteiger partial charge in [-0.25, -0.2) is 13.1 Å². The van der Waals surface area contributed by atoms with Crippen LogP contribution in [0.2, 0.25) is 0 Å². The molecule has 0 saturated heterocycles. The fourth-order valence-electron chi connectivity index (χ4n) is 3.06. The Morgan fingerprint density at radius 2 is 2.04 bits per heavy atom. The van der Waals surface area contributed by atoms with E-state index in [4.69, 9.17) is 9.73 Å². The van der Waals surface area contributed by atoms with E-state index in [1.165, 1.54) is 30.6 Å². The second-order valence-electron chi connectivity index (χ2n) is 6.98. The van der Waals surface area contributed by atoms with Crippen LogP contribution in [0.1, 0.15) is 37.5 Å². The topological polar surface area (TPSA) is 91.8 Å². The maximum Gasteiger partial charge on any atom is 0.250 e. The molecule has 1 saturated carbocycles. The zero-order chi connectivity index (χ0) is 19.8. The van der Waals surface area contributed by atoms with E-state index >= 15 is 0 Å². The van der Waals surface area contributed by atoms with Crippen LogP contribution in [0.3, 0.4) is 0 Å². The first-order chi connectivity index (χ1) is 12.9. The lowest BCUT2D eigenvalue weighted by molar-refractivity contribution is 0.0778. The number of hydrogen-bond acceptors (Lipinski definition) is 5. The summed E-state index contributed by atoms with van der Waals surface area (Å²) in [5.41, 5.74) is 0.261. The van der Waals surface area contributed by atoms with Gasteiger partial charge in [0.05, 0.1) is 0 Å². The summed E-state index contributed by atoms with van der Waals surface area (Å²) in [6, 6.07) is 3.45. The minimum absolute atomic E-state index is 0. The van der Waals surface area contributed by atoms with Gasteiger partial charge < -0.3 is 15.4 Å². The highest BCUT2D eigenvalue weighted by Crippen LogP contribution is 2.44. The van der Waals surface area contributed by atoms with Crippen LogP contribution in [0.15, 0.2) is 21.3 Å². The van der Waals surface area contributed by atoms with E-state index < -0.39 is 10.0 Å². The van der Waals surface area contributed by atoms with Crippen LogP contribution >= 0.6 is 35.3 Å². The summed E-state index contributed by atoms with van der Waals surface area (Å²) in [5.74, 6) is 0.729. The molecule has 0 atom stereocenters. The highest BCUT2D eigenvalue weighted by molar-refractivity contribution is 14.0. The number of hydrogen-bond donors (Lipinski definition) is 3. The molecule has 7 nitrogen and oxygen atoms in total. The summed E-state index contributed by atoms with van der Waals surface area (Å²) in [6.07, 6.45) is 4.68. The van der Waals surface area contributed by atoms with Gasteiger partial charge in [-0.15, -0.1) is 35.3 Å². The number of sulfonamides is 1. The average molecular weight is 545 g/mol. The zero-order valence-electron chi connectivity index (χ0n) is 16.9.